The summed E-state index contributed by atoms with van der Waals surface area (Å²) in [5, 5.41) is 10.9. The van der Waals surface area contributed by atoms with E-state index in [4.69, 9.17) is 21.4 Å². The molecule has 1 aliphatic heterocycles. The van der Waals surface area contributed by atoms with E-state index in [1.807, 2.05) is 6.07 Å². The lowest BCUT2D eigenvalue weighted by atomic mass is 10.0. The number of aliphatic carboxylic acids is 1. The number of carboxylic acid groups (broad SMARTS) is 1. The standard InChI is InChI=1S/C26H30ClIN2O3/c1-16-10-17(2)21-12-19(29(3)24(21)11-16)13-22-23(27)5-4-18(26(22)28)14-30-8-6-20(7-9-30)33-15-25(31)32/h4-5,10-12,20H,6-9,13-15H2,1-3H3,(H,31,32). The SMILES string of the molecule is Cc1cc(C)c2cc(Cc3c(Cl)ccc(CN4CCC(OCC(=O)O)CC4)c3I)n(C)c2c1. The van der Waals surface area contributed by atoms with Gasteiger partial charge in [0.05, 0.1) is 6.10 Å². The minimum absolute atomic E-state index is 0.0377. The zero-order chi connectivity index (χ0) is 23.7. The van der Waals surface area contributed by atoms with Gasteiger partial charge in [0.1, 0.15) is 6.61 Å². The average molecular weight is 581 g/mol. The fourth-order valence-corrected chi connectivity index (χ4v) is 6.00. The molecule has 0 amide bonds. The maximum atomic E-state index is 10.7. The molecule has 0 bridgehead atoms. The monoisotopic (exact) mass is 580 g/mol. The summed E-state index contributed by atoms with van der Waals surface area (Å²) in [7, 11) is 2.14. The van der Waals surface area contributed by atoms with Gasteiger partial charge in [-0.15, -0.1) is 0 Å². The van der Waals surface area contributed by atoms with E-state index in [1.54, 1.807) is 0 Å². The van der Waals surface area contributed by atoms with Crippen molar-refractivity contribution in [3.63, 3.8) is 0 Å². The van der Waals surface area contributed by atoms with Crippen molar-refractivity contribution in [3.05, 3.63) is 66.9 Å². The van der Waals surface area contributed by atoms with Crippen LogP contribution in [-0.4, -0.2) is 46.3 Å². The first-order chi connectivity index (χ1) is 15.7. The van der Waals surface area contributed by atoms with Crippen LogP contribution in [0.25, 0.3) is 10.9 Å². The van der Waals surface area contributed by atoms with Gasteiger partial charge in [0, 0.05) is 58.3 Å². The topological polar surface area (TPSA) is 54.7 Å². The molecule has 1 aromatic heterocycles. The van der Waals surface area contributed by atoms with E-state index in [0.29, 0.717) is 0 Å². The molecule has 1 aliphatic rings. The summed E-state index contributed by atoms with van der Waals surface area (Å²) < 4.78 is 8.98. The minimum Gasteiger partial charge on any atom is -0.480 e. The van der Waals surface area contributed by atoms with E-state index in [9.17, 15) is 4.79 Å². The Bertz CT molecular complexity index is 1180. The summed E-state index contributed by atoms with van der Waals surface area (Å²) in [5.41, 5.74) is 7.56. The van der Waals surface area contributed by atoms with Gasteiger partial charge >= 0.3 is 5.97 Å². The van der Waals surface area contributed by atoms with Crippen molar-refractivity contribution in [2.75, 3.05) is 19.7 Å². The van der Waals surface area contributed by atoms with Gasteiger partial charge in [0.25, 0.3) is 0 Å². The number of benzene rings is 2. The van der Waals surface area contributed by atoms with Crippen molar-refractivity contribution >= 4 is 51.1 Å². The molecule has 3 aromatic rings. The zero-order valence-corrected chi connectivity index (χ0v) is 22.2. The first kappa shape index (κ1) is 24.5. The highest BCUT2D eigenvalue weighted by molar-refractivity contribution is 14.1. The molecule has 2 heterocycles. The van der Waals surface area contributed by atoms with Crippen LogP contribution in [0.15, 0.2) is 30.3 Å². The van der Waals surface area contributed by atoms with Gasteiger partial charge in [-0.3, -0.25) is 4.90 Å². The van der Waals surface area contributed by atoms with E-state index in [2.05, 4.69) is 77.2 Å². The number of carbonyl (C=O) groups is 1. The van der Waals surface area contributed by atoms with Crippen LogP contribution in [0, 0.1) is 17.4 Å². The molecule has 1 N–H and O–H groups in total. The Balaban J connectivity index is 1.50. The molecule has 4 rings (SSSR count). The normalized spacial score (nSPS) is 15.4. The van der Waals surface area contributed by atoms with Crippen LogP contribution in [0.2, 0.25) is 5.02 Å². The van der Waals surface area contributed by atoms with E-state index in [1.165, 1.54) is 42.4 Å². The third kappa shape index (κ3) is 5.56. The van der Waals surface area contributed by atoms with Gasteiger partial charge in [-0.05, 0) is 89.7 Å². The van der Waals surface area contributed by atoms with E-state index in [-0.39, 0.29) is 12.7 Å². The molecule has 2 aromatic carbocycles. The van der Waals surface area contributed by atoms with Crippen molar-refractivity contribution in [2.45, 2.75) is 45.8 Å². The summed E-state index contributed by atoms with van der Waals surface area (Å²) in [6.45, 7) is 6.77. The minimum atomic E-state index is -0.905. The second-order valence-electron chi connectivity index (χ2n) is 9.07. The third-order valence-corrected chi connectivity index (χ3v) is 8.31. The zero-order valence-electron chi connectivity index (χ0n) is 19.3. The number of aromatic nitrogens is 1. The molecule has 1 saturated heterocycles. The lowest BCUT2D eigenvalue weighted by molar-refractivity contribution is -0.145. The summed E-state index contributed by atoms with van der Waals surface area (Å²) >= 11 is 9.13. The van der Waals surface area contributed by atoms with Gasteiger partial charge in [0.15, 0.2) is 0 Å². The first-order valence-electron chi connectivity index (χ1n) is 11.3. The first-order valence-corrected chi connectivity index (χ1v) is 12.8. The predicted octanol–water partition coefficient (Wildman–Crippen LogP) is 5.71. The van der Waals surface area contributed by atoms with Crippen LogP contribution in [0.5, 0.6) is 0 Å². The Morgan fingerprint density at radius 3 is 2.64 bits per heavy atom. The number of rotatable bonds is 7. The van der Waals surface area contributed by atoms with Crippen LogP contribution >= 0.6 is 34.2 Å². The number of carboxylic acids is 1. The van der Waals surface area contributed by atoms with E-state index < -0.39 is 5.97 Å². The molecule has 0 atom stereocenters. The maximum absolute atomic E-state index is 10.7. The summed E-state index contributed by atoms with van der Waals surface area (Å²) in [5.74, 6) is -0.905. The van der Waals surface area contributed by atoms with Gasteiger partial charge in [0.2, 0.25) is 0 Å². The Labute approximate surface area is 213 Å². The lowest BCUT2D eigenvalue weighted by Crippen LogP contribution is -2.37. The van der Waals surface area contributed by atoms with Crippen LogP contribution < -0.4 is 0 Å². The molecule has 33 heavy (non-hydrogen) atoms. The van der Waals surface area contributed by atoms with Gasteiger partial charge in [-0.2, -0.15) is 0 Å². The largest absolute Gasteiger partial charge is 0.480 e. The molecule has 0 unspecified atom stereocenters. The summed E-state index contributed by atoms with van der Waals surface area (Å²) in [6, 6.07) is 10.9. The highest BCUT2D eigenvalue weighted by Crippen LogP contribution is 2.31. The molecule has 176 valence electrons. The third-order valence-electron chi connectivity index (χ3n) is 6.61. The highest BCUT2D eigenvalue weighted by atomic mass is 127. The number of hydrogen-bond acceptors (Lipinski definition) is 3. The van der Waals surface area contributed by atoms with Crippen molar-refractivity contribution in [1.29, 1.82) is 0 Å². The Hall–Kier alpha value is -1.61. The molecule has 0 spiro atoms. The summed E-state index contributed by atoms with van der Waals surface area (Å²) in [6.07, 6.45) is 2.55. The lowest BCUT2D eigenvalue weighted by Gasteiger charge is -2.32. The maximum Gasteiger partial charge on any atom is 0.329 e. The van der Waals surface area contributed by atoms with Crippen LogP contribution in [-0.2, 0) is 29.5 Å². The molecular formula is C26H30ClIN2O3. The number of hydrogen-bond donors (Lipinski definition) is 1. The molecule has 0 aliphatic carbocycles. The molecule has 0 saturated carbocycles. The second kappa shape index (κ2) is 10.3. The number of aryl methyl sites for hydroxylation is 3. The average Bonchev–Trinajstić information content (AvgIpc) is 3.08. The molecule has 7 heteroatoms. The van der Waals surface area contributed by atoms with Gasteiger partial charge in [-0.1, -0.05) is 23.7 Å². The number of fused-ring (bicyclic) bond motifs is 1. The molecule has 5 nitrogen and oxygen atoms in total. The van der Waals surface area contributed by atoms with Gasteiger partial charge in [-0.25, -0.2) is 4.79 Å². The fraction of sp³-hybridized carbons (Fsp3) is 0.423. The quantitative estimate of drug-likeness (QED) is 0.364. The number of ether oxygens (including phenoxy) is 1. The Morgan fingerprint density at radius 2 is 1.94 bits per heavy atom. The number of halogens is 2. The van der Waals surface area contributed by atoms with Crippen molar-refractivity contribution in [1.82, 2.24) is 9.47 Å². The number of likely N-dealkylation sites (tertiary alicyclic amines) is 1. The van der Waals surface area contributed by atoms with Crippen LogP contribution in [0.1, 0.15) is 40.8 Å². The van der Waals surface area contributed by atoms with E-state index >= 15 is 0 Å². The van der Waals surface area contributed by atoms with E-state index in [0.717, 1.165) is 43.9 Å². The fourth-order valence-electron chi connectivity index (χ4n) is 4.78. The number of nitrogens with zero attached hydrogens (tertiary/aromatic N) is 2. The molecule has 1 fully saturated rings. The van der Waals surface area contributed by atoms with Gasteiger partial charge < -0.3 is 14.4 Å². The van der Waals surface area contributed by atoms with Crippen molar-refractivity contribution < 1.29 is 14.6 Å². The molecule has 0 radical (unpaired) electrons. The highest BCUT2D eigenvalue weighted by Gasteiger charge is 2.22. The Kier molecular flexibility index (Phi) is 7.68. The van der Waals surface area contributed by atoms with Crippen molar-refractivity contribution in [3.8, 4) is 0 Å². The smallest absolute Gasteiger partial charge is 0.329 e. The second-order valence-corrected chi connectivity index (χ2v) is 10.6. The van der Waals surface area contributed by atoms with Crippen LogP contribution in [0.4, 0.5) is 0 Å². The summed E-state index contributed by atoms with van der Waals surface area (Å²) in [4.78, 5) is 13.1. The van der Waals surface area contributed by atoms with Crippen molar-refractivity contribution in [2.24, 2.45) is 7.05 Å². The number of piperidine rings is 1. The molecular weight excluding hydrogens is 551 g/mol. The van der Waals surface area contributed by atoms with Crippen LogP contribution in [0.3, 0.4) is 0 Å². The Morgan fingerprint density at radius 1 is 1.21 bits per heavy atom. The predicted molar refractivity (Wildman–Crippen MR) is 141 cm³/mol.